The Bertz CT molecular complexity index is 933. The summed E-state index contributed by atoms with van der Waals surface area (Å²) >= 11 is 0. The Balaban J connectivity index is 1.71. The zero-order valence-corrected chi connectivity index (χ0v) is 15.4. The van der Waals surface area contributed by atoms with Crippen molar-refractivity contribution >= 4 is 16.5 Å². The normalized spacial score (nSPS) is 15.4. The predicted molar refractivity (Wildman–Crippen MR) is 111 cm³/mol. The highest BCUT2D eigenvalue weighted by molar-refractivity contribution is 5.93. The Morgan fingerprint density at radius 1 is 1.12 bits per heavy atom. The van der Waals surface area contributed by atoms with Gasteiger partial charge in [0.1, 0.15) is 0 Å². The van der Waals surface area contributed by atoms with Gasteiger partial charge in [-0.15, -0.1) is 0 Å². The van der Waals surface area contributed by atoms with E-state index in [1.54, 1.807) is 5.57 Å². The summed E-state index contributed by atoms with van der Waals surface area (Å²) in [7, 11) is 2.22. The number of hydrogen-bond acceptors (Lipinski definition) is 1. The summed E-state index contributed by atoms with van der Waals surface area (Å²) in [5, 5.41) is 1.24. The van der Waals surface area contributed by atoms with E-state index in [1.807, 2.05) is 0 Å². The first kappa shape index (κ1) is 16.9. The maximum absolute atomic E-state index is 4.54. The monoisotopic (exact) mass is 342 g/mol. The molecule has 0 bridgehead atoms. The van der Waals surface area contributed by atoms with Gasteiger partial charge in [-0.2, -0.15) is 0 Å². The highest BCUT2D eigenvalue weighted by atomic mass is 15.1. The molecule has 0 aliphatic heterocycles. The first-order chi connectivity index (χ1) is 12.7. The van der Waals surface area contributed by atoms with Crippen LogP contribution in [0.4, 0.5) is 0 Å². The third kappa shape index (κ3) is 3.25. The van der Waals surface area contributed by atoms with Gasteiger partial charge in [0.25, 0.3) is 0 Å². The number of H-pyrrole nitrogens is 1. The molecule has 0 radical (unpaired) electrons. The maximum atomic E-state index is 4.54. The molecule has 0 amide bonds. The zero-order valence-electron chi connectivity index (χ0n) is 15.4. The minimum atomic E-state index is 0.164. The van der Waals surface area contributed by atoms with E-state index in [-0.39, 0.29) is 6.04 Å². The molecule has 2 heteroatoms. The first-order valence-corrected chi connectivity index (χ1v) is 9.42. The second kappa shape index (κ2) is 7.35. The second-order valence-corrected chi connectivity index (χ2v) is 7.26. The number of para-hydroxylation sites is 1. The van der Waals surface area contributed by atoms with Gasteiger partial charge in [-0.25, -0.2) is 0 Å². The van der Waals surface area contributed by atoms with Crippen molar-refractivity contribution in [2.75, 3.05) is 13.6 Å². The van der Waals surface area contributed by atoms with Crippen LogP contribution in [0, 0.1) is 0 Å². The highest BCUT2D eigenvalue weighted by Gasteiger charge is 2.24. The average Bonchev–Trinajstić information content (AvgIpc) is 3.32. The molecule has 0 saturated carbocycles. The Labute approximate surface area is 155 Å². The van der Waals surface area contributed by atoms with E-state index in [4.69, 9.17) is 0 Å². The van der Waals surface area contributed by atoms with Crippen molar-refractivity contribution in [1.82, 2.24) is 9.88 Å². The number of allylic oxidation sites excluding steroid dienone is 1. The molecule has 4 rings (SSSR count). The first-order valence-electron chi connectivity index (χ1n) is 9.42. The maximum Gasteiger partial charge on any atom is 0.0602 e. The summed E-state index contributed by atoms with van der Waals surface area (Å²) in [4.78, 5) is 5.84. The Hall–Kier alpha value is -2.58. The van der Waals surface area contributed by atoms with Crippen molar-refractivity contribution in [3.05, 3.63) is 90.1 Å². The van der Waals surface area contributed by atoms with E-state index in [2.05, 4.69) is 90.4 Å². The Kier molecular flexibility index (Phi) is 4.77. The van der Waals surface area contributed by atoms with Crippen LogP contribution in [0.2, 0.25) is 0 Å². The van der Waals surface area contributed by atoms with Crippen molar-refractivity contribution in [1.29, 1.82) is 0 Å². The van der Waals surface area contributed by atoms with Crippen LogP contribution in [-0.2, 0) is 0 Å². The largest absolute Gasteiger partial charge is 0.361 e. The SMILES string of the molecule is C=C(c1c[nH]c2ccccc12)C(c1ccccc1)N(C)CC1=CCCC1. The highest BCUT2D eigenvalue weighted by Crippen LogP contribution is 2.37. The van der Waals surface area contributed by atoms with Gasteiger partial charge in [-0.05, 0) is 43.5 Å². The van der Waals surface area contributed by atoms with E-state index < -0.39 is 0 Å². The number of rotatable bonds is 6. The number of nitrogens with one attached hydrogen (secondary N) is 1. The Morgan fingerprint density at radius 2 is 1.88 bits per heavy atom. The summed E-state index contributed by atoms with van der Waals surface area (Å²) in [6, 6.07) is 19.4. The van der Waals surface area contributed by atoms with Crippen molar-refractivity contribution in [2.45, 2.75) is 25.3 Å². The van der Waals surface area contributed by atoms with Crippen LogP contribution in [0.5, 0.6) is 0 Å². The smallest absolute Gasteiger partial charge is 0.0602 e. The van der Waals surface area contributed by atoms with Crippen LogP contribution in [-0.4, -0.2) is 23.5 Å². The van der Waals surface area contributed by atoms with Crippen LogP contribution in [0.1, 0.15) is 36.4 Å². The number of fused-ring (bicyclic) bond motifs is 1. The molecule has 1 N–H and O–H groups in total. The lowest BCUT2D eigenvalue weighted by Crippen LogP contribution is -2.27. The molecule has 0 fully saturated rings. The van der Waals surface area contributed by atoms with E-state index in [1.165, 1.54) is 35.8 Å². The van der Waals surface area contributed by atoms with E-state index in [0.29, 0.717) is 0 Å². The number of hydrogen-bond donors (Lipinski definition) is 1. The molecule has 2 aromatic carbocycles. The lowest BCUT2D eigenvalue weighted by Gasteiger charge is -2.31. The second-order valence-electron chi connectivity index (χ2n) is 7.26. The molecule has 26 heavy (non-hydrogen) atoms. The lowest BCUT2D eigenvalue weighted by molar-refractivity contribution is 0.316. The van der Waals surface area contributed by atoms with Gasteiger partial charge in [0, 0.05) is 29.2 Å². The number of likely N-dealkylation sites (N-methyl/N-ethyl adjacent to an activating group) is 1. The minimum absolute atomic E-state index is 0.164. The molecule has 1 atom stereocenters. The van der Waals surface area contributed by atoms with Gasteiger partial charge < -0.3 is 4.98 Å². The van der Waals surface area contributed by atoms with Crippen molar-refractivity contribution in [2.24, 2.45) is 0 Å². The quantitative estimate of drug-likeness (QED) is 0.547. The van der Waals surface area contributed by atoms with Gasteiger partial charge in [-0.3, -0.25) is 4.90 Å². The molecule has 1 aromatic heterocycles. The van der Waals surface area contributed by atoms with Gasteiger partial charge in [0.15, 0.2) is 0 Å². The number of nitrogens with zero attached hydrogens (tertiary/aromatic N) is 1. The minimum Gasteiger partial charge on any atom is -0.361 e. The average molecular weight is 342 g/mol. The van der Waals surface area contributed by atoms with Gasteiger partial charge in [0.05, 0.1) is 6.04 Å². The molecule has 132 valence electrons. The zero-order chi connectivity index (χ0) is 17.9. The molecular weight excluding hydrogens is 316 g/mol. The summed E-state index contributed by atoms with van der Waals surface area (Å²) in [6.07, 6.45) is 8.26. The van der Waals surface area contributed by atoms with Crippen molar-refractivity contribution < 1.29 is 0 Å². The Morgan fingerprint density at radius 3 is 2.65 bits per heavy atom. The van der Waals surface area contributed by atoms with E-state index >= 15 is 0 Å². The van der Waals surface area contributed by atoms with E-state index in [9.17, 15) is 0 Å². The molecular formula is C24H26N2. The third-order valence-corrected chi connectivity index (χ3v) is 5.41. The molecule has 2 nitrogen and oxygen atoms in total. The molecule has 0 saturated heterocycles. The molecule has 1 heterocycles. The lowest BCUT2D eigenvalue weighted by atomic mass is 9.92. The fourth-order valence-electron chi connectivity index (χ4n) is 4.13. The van der Waals surface area contributed by atoms with Gasteiger partial charge in [-0.1, -0.05) is 66.8 Å². The van der Waals surface area contributed by atoms with Crippen molar-refractivity contribution in [3.63, 3.8) is 0 Å². The van der Waals surface area contributed by atoms with Crippen LogP contribution in [0.3, 0.4) is 0 Å². The van der Waals surface area contributed by atoms with Gasteiger partial charge >= 0.3 is 0 Å². The summed E-state index contributed by atoms with van der Waals surface area (Å²) in [6.45, 7) is 5.54. The standard InChI is InChI=1S/C24H26N2/c1-18(22-16-25-23-15-9-8-14-21(22)23)24(20-12-4-3-5-13-20)26(2)17-19-10-6-7-11-19/h3-5,8-10,12-16,24-25H,1,6-7,11,17H2,2H3. The molecule has 3 aromatic rings. The number of aromatic amines is 1. The fraction of sp³-hybridized carbons (Fsp3) is 0.250. The predicted octanol–water partition coefficient (Wildman–Crippen LogP) is 5.96. The number of benzene rings is 2. The van der Waals surface area contributed by atoms with Gasteiger partial charge in [0.2, 0.25) is 0 Å². The molecule has 1 unspecified atom stereocenters. The summed E-state index contributed by atoms with van der Waals surface area (Å²) in [5.41, 5.74) is 6.37. The summed E-state index contributed by atoms with van der Waals surface area (Å²) < 4.78 is 0. The van der Waals surface area contributed by atoms with E-state index in [0.717, 1.165) is 17.6 Å². The number of aromatic nitrogens is 1. The van der Waals surface area contributed by atoms with Crippen LogP contribution in [0.25, 0.3) is 16.5 Å². The summed E-state index contributed by atoms with van der Waals surface area (Å²) in [5.74, 6) is 0. The molecule has 1 aliphatic carbocycles. The van der Waals surface area contributed by atoms with Crippen molar-refractivity contribution in [3.8, 4) is 0 Å². The third-order valence-electron chi connectivity index (χ3n) is 5.41. The van der Waals surface area contributed by atoms with Crippen LogP contribution in [0.15, 0.2) is 79.0 Å². The molecule has 1 aliphatic rings. The molecule has 0 spiro atoms. The van der Waals surface area contributed by atoms with Crippen LogP contribution < -0.4 is 0 Å². The van der Waals surface area contributed by atoms with Crippen LogP contribution >= 0.6 is 0 Å². The fourth-order valence-corrected chi connectivity index (χ4v) is 4.13. The topological polar surface area (TPSA) is 19.0 Å².